The van der Waals surface area contributed by atoms with Crippen molar-refractivity contribution in [1.29, 1.82) is 0 Å². The number of rotatable bonds is 10. The van der Waals surface area contributed by atoms with E-state index in [2.05, 4.69) is 15.8 Å². The Balaban J connectivity index is 1.58. The van der Waals surface area contributed by atoms with Crippen LogP contribution in [0.15, 0.2) is 52.5 Å². The number of nitrogens with one attached hydrogen (secondary N) is 2. The predicted octanol–water partition coefficient (Wildman–Crippen LogP) is 2.07. The molecule has 1 saturated heterocycles. The maximum absolute atomic E-state index is 13.0. The Morgan fingerprint density at radius 1 is 1.17 bits per heavy atom. The van der Waals surface area contributed by atoms with Crippen molar-refractivity contribution in [2.24, 2.45) is 11.0 Å². The molecule has 2 aromatic carbocycles. The van der Waals surface area contributed by atoms with E-state index in [1.165, 1.54) is 17.6 Å². The third-order valence-corrected chi connectivity index (χ3v) is 7.60. The summed E-state index contributed by atoms with van der Waals surface area (Å²) in [6.45, 7) is 4.57. The molecule has 0 aliphatic carbocycles. The molecule has 1 unspecified atom stereocenters. The summed E-state index contributed by atoms with van der Waals surface area (Å²) >= 11 is 0. The molecule has 0 aromatic heterocycles. The van der Waals surface area contributed by atoms with E-state index >= 15 is 0 Å². The molecule has 1 fully saturated rings. The van der Waals surface area contributed by atoms with Gasteiger partial charge in [0.2, 0.25) is 15.9 Å². The second kappa shape index (κ2) is 12.5. The first-order valence-corrected chi connectivity index (χ1v) is 13.2. The van der Waals surface area contributed by atoms with Gasteiger partial charge in [0.15, 0.2) is 18.1 Å². The first-order valence-electron chi connectivity index (χ1n) is 11.7. The lowest BCUT2D eigenvalue weighted by molar-refractivity contribution is -0.126. The summed E-state index contributed by atoms with van der Waals surface area (Å²) in [6.07, 6.45) is 2.62. The van der Waals surface area contributed by atoms with Crippen LogP contribution in [-0.4, -0.2) is 64.1 Å². The number of sulfonamides is 1. The van der Waals surface area contributed by atoms with Crippen LogP contribution in [0.5, 0.6) is 11.5 Å². The number of nitrogens with zero attached hydrogens (tertiary/aromatic N) is 2. The molecular formula is C25H32N4O6S. The average molecular weight is 517 g/mol. The molecule has 0 spiro atoms. The van der Waals surface area contributed by atoms with Crippen LogP contribution in [0.3, 0.4) is 0 Å². The number of hydrazone groups is 1. The normalized spacial score (nSPS) is 16.5. The second-order valence-corrected chi connectivity index (χ2v) is 10.3. The van der Waals surface area contributed by atoms with Crippen molar-refractivity contribution < 1.29 is 27.5 Å². The number of benzene rings is 2. The third kappa shape index (κ3) is 7.05. The number of methoxy groups -OCH3 is 1. The van der Waals surface area contributed by atoms with Gasteiger partial charge in [-0.15, -0.1) is 0 Å². The zero-order valence-electron chi connectivity index (χ0n) is 20.7. The average Bonchev–Trinajstić information content (AvgIpc) is 2.88. The summed E-state index contributed by atoms with van der Waals surface area (Å²) in [6, 6.07) is 11.7. The molecule has 2 amide bonds. The van der Waals surface area contributed by atoms with E-state index in [0.29, 0.717) is 43.0 Å². The van der Waals surface area contributed by atoms with E-state index in [1.54, 1.807) is 42.5 Å². The molecule has 2 aromatic rings. The van der Waals surface area contributed by atoms with Gasteiger partial charge in [0.05, 0.1) is 24.1 Å². The summed E-state index contributed by atoms with van der Waals surface area (Å²) in [5.74, 6) is -0.263. The van der Waals surface area contributed by atoms with Gasteiger partial charge in [-0.2, -0.15) is 9.41 Å². The molecular weight excluding hydrogens is 484 g/mol. The number of likely N-dealkylation sites (N-methyl/N-ethyl adjacent to an activating group) is 1. The number of amides is 2. The minimum atomic E-state index is -3.67. The quantitative estimate of drug-likeness (QED) is 0.368. The van der Waals surface area contributed by atoms with Gasteiger partial charge in [-0.05, 0) is 62.6 Å². The van der Waals surface area contributed by atoms with E-state index in [0.717, 1.165) is 5.56 Å². The Morgan fingerprint density at radius 3 is 2.61 bits per heavy atom. The molecule has 0 radical (unpaired) electrons. The van der Waals surface area contributed by atoms with E-state index in [9.17, 15) is 18.0 Å². The largest absolute Gasteiger partial charge is 0.493 e. The number of aryl methyl sites for hydroxylation is 1. The zero-order valence-corrected chi connectivity index (χ0v) is 21.5. The topological polar surface area (TPSA) is 126 Å². The number of carbonyl (C=O) groups excluding carboxylic acids is 2. The number of ether oxygens (including phenoxy) is 2. The van der Waals surface area contributed by atoms with Gasteiger partial charge in [-0.3, -0.25) is 9.59 Å². The maximum Gasteiger partial charge on any atom is 0.257 e. The molecule has 2 N–H and O–H groups in total. The minimum Gasteiger partial charge on any atom is -0.493 e. The monoisotopic (exact) mass is 516 g/mol. The van der Waals surface area contributed by atoms with Crippen LogP contribution in [0.2, 0.25) is 0 Å². The lowest BCUT2D eigenvalue weighted by atomic mass is 9.99. The fourth-order valence-corrected chi connectivity index (χ4v) is 5.29. The van der Waals surface area contributed by atoms with Crippen molar-refractivity contribution in [3.8, 4) is 11.5 Å². The Kier molecular flexibility index (Phi) is 9.43. The Labute approximate surface area is 211 Å². The van der Waals surface area contributed by atoms with E-state index < -0.39 is 15.9 Å². The molecule has 1 aliphatic heterocycles. The number of carbonyl (C=O) groups is 2. The SMILES string of the molecule is CCNC(=O)COc1ccc(C=NNC(=O)C2CCCN(S(=O)(=O)c3ccc(C)cc3)C2)cc1OC. The maximum atomic E-state index is 13.0. The highest BCUT2D eigenvalue weighted by molar-refractivity contribution is 7.89. The van der Waals surface area contributed by atoms with Gasteiger partial charge >= 0.3 is 0 Å². The molecule has 10 nitrogen and oxygen atoms in total. The van der Waals surface area contributed by atoms with E-state index in [-0.39, 0.29) is 29.9 Å². The van der Waals surface area contributed by atoms with Crippen LogP contribution < -0.4 is 20.2 Å². The van der Waals surface area contributed by atoms with Crippen LogP contribution in [0.1, 0.15) is 30.9 Å². The van der Waals surface area contributed by atoms with Crippen LogP contribution >= 0.6 is 0 Å². The molecule has 36 heavy (non-hydrogen) atoms. The van der Waals surface area contributed by atoms with Gasteiger partial charge < -0.3 is 14.8 Å². The van der Waals surface area contributed by atoms with Gasteiger partial charge in [0.1, 0.15) is 0 Å². The lowest BCUT2D eigenvalue weighted by Gasteiger charge is -2.30. The predicted molar refractivity (Wildman–Crippen MR) is 136 cm³/mol. The summed E-state index contributed by atoms with van der Waals surface area (Å²) in [5, 5.41) is 6.67. The summed E-state index contributed by atoms with van der Waals surface area (Å²) in [5.41, 5.74) is 4.13. The van der Waals surface area contributed by atoms with Crippen molar-refractivity contribution in [1.82, 2.24) is 15.0 Å². The summed E-state index contributed by atoms with van der Waals surface area (Å²) < 4.78 is 38.2. The molecule has 3 rings (SSSR count). The van der Waals surface area contributed by atoms with E-state index in [1.807, 2.05) is 13.8 Å². The van der Waals surface area contributed by atoms with Crippen molar-refractivity contribution in [3.63, 3.8) is 0 Å². The van der Waals surface area contributed by atoms with E-state index in [4.69, 9.17) is 9.47 Å². The lowest BCUT2D eigenvalue weighted by Crippen LogP contribution is -2.44. The first kappa shape index (κ1) is 27.2. The van der Waals surface area contributed by atoms with Gasteiger partial charge in [0, 0.05) is 19.6 Å². The van der Waals surface area contributed by atoms with Crippen molar-refractivity contribution >= 4 is 28.1 Å². The number of piperidine rings is 1. The van der Waals surface area contributed by atoms with Crippen LogP contribution in [0.4, 0.5) is 0 Å². The number of hydrogen-bond acceptors (Lipinski definition) is 7. The fourth-order valence-electron chi connectivity index (χ4n) is 3.77. The standard InChI is InChI=1S/C25H32N4O6S/c1-4-26-24(30)17-35-22-12-9-19(14-23(22)34-3)15-27-28-25(31)20-6-5-13-29(16-20)36(32,33)21-10-7-18(2)8-11-21/h7-12,14-15,20H,4-6,13,16-17H2,1-3H3,(H,26,30)(H,28,31). The minimum absolute atomic E-state index is 0.100. The first-order chi connectivity index (χ1) is 17.2. The summed E-state index contributed by atoms with van der Waals surface area (Å²) in [7, 11) is -2.19. The van der Waals surface area contributed by atoms with Crippen molar-refractivity contribution in [2.45, 2.75) is 31.6 Å². The smallest absolute Gasteiger partial charge is 0.257 e. The second-order valence-electron chi connectivity index (χ2n) is 8.40. The molecule has 1 aliphatic rings. The third-order valence-electron chi connectivity index (χ3n) is 5.72. The molecule has 194 valence electrons. The summed E-state index contributed by atoms with van der Waals surface area (Å²) in [4.78, 5) is 24.5. The Morgan fingerprint density at radius 2 is 1.92 bits per heavy atom. The highest BCUT2D eigenvalue weighted by Gasteiger charge is 2.33. The fraction of sp³-hybridized carbons (Fsp3) is 0.400. The van der Waals surface area contributed by atoms with Gasteiger partial charge in [-0.25, -0.2) is 13.8 Å². The molecule has 1 atom stereocenters. The van der Waals surface area contributed by atoms with Crippen molar-refractivity contribution in [2.75, 3.05) is 33.4 Å². The molecule has 0 bridgehead atoms. The van der Waals surface area contributed by atoms with Crippen LogP contribution in [-0.2, 0) is 19.6 Å². The Bertz CT molecular complexity index is 1200. The zero-order chi connectivity index (χ0) is 26.1. The van der Waals surface area contributed by atoms with Crippen molar-refractivity contribution in [3.05, 3.63) is 53.6 Å². The highest BCUT2D eigenvalue weighted by atomic mass is 32.2. The van der Waals surface area contributed by atoms with Crippen LogP contribution in [0, 0.1) is 12.8 Å². The van der Waals surface area contributed by atoms with Crippen LogP contribution in [0.25, 0.3) is 0 Å². The number of hydrogen-bond donors (Lipinski definition) is 2. The Hall–Kier alpha value is -3.44. The van der Waals surface area contributed by atoms with Gasteiger partial charge in [0.25, 0.3) is 5.91 Å². The highest BCUT2D eigenvalue weighted by Crippen LogP contribution is 2.28. The molecule has 1 heterocycles. The molecule has 0 saturated carbocycles. The van der Waals surface area contributed by atoms with Gasteiger partial charge in [-0.1, -0.05) is 17.7 Å². The molecule has 11 heteroatoms.